The van der Waals surface area contributed by atoms with Gasteiger partial charge < -0.3 is 20.1 Å². The average molecular weight is 364 g/mol. The number of rotatable bonds is 3. The predicted octanol–water partition coefficient (Wildman–Crippen LogP) is 3.71. The molecule has 4 saturated carbocycles. The Morgan fingerprint density at radius 1 is 1.12 bits per heavy atom. The van der Waals surface area contributed by atoms with Gasteiger partial charge in [-0.15, -0.1) is 0 Å². The van der Waals surface area contributed by atoms with Crippen molar-refractivity contribution >= 4 is 12.2 Å². The minimum absolute atomic E-state index is 0.0586. The lowest BCUT2D eigenvalue weighted by Gasteiger charge is -2.65. The van der Waals surface area contributed by atoms with Crippen molar-refractivity contribution in [3.8, 4) is 0 Å². The molecule has 2 N–H and O–H groups in total. The lowest BCUT2D eigenvalue weighted by atomic mass is 9.45. The Balaban J connectivity index is 1.45. The minimum Gasteiger partial charge on any atom is -0.465 e. The van der Waals surface area contributed by atoms with Crippen LogP contribution in [0.4, 0.5) is 9.59 Å². The van der Waals surface area contributed by atoms with Crippen LogP contribution in [0.25, 0.3) is 0 Å². The Morgan fingerprint density at radius 2 is 1.65 bits per heavy atom. The SMILES string of the molecule is CC(C)(C)OC(=O)NCC1CN(C(=O)O)C1C12CC3CC(CC(C3)C1)C2. The number of amides is 2. The van der Waals surface area contributed by atoms with Crippen LogP contribution in [-0.4, -0.2) is 46.9 Å². The van der Waals surface area contributed by atoms with Gasteiger partial charge in [-0.3, -0.25) is 0 Å². The second-order valence-corrected chi connectivity index (χ2v) is 10.3. The number of hydrogen-bond acceptors (Lipinski definition) is 3. The van der Waals surface area contributed by atoms with Crippen LogP contribution in [0.3, 0.4) is 0 Å². The van der Waals surface area contributed by atoms with Gasteiger partial charge in [0.1, 0.15) is 5.60 Å². The number of ether oxygens (including phenoxy) is 1. The monoisotopic (exact) mass is 364 g/mol. The molecule has 0 aromatic rings. The Kier molecular flexibility index (Phi) is 4.16. The molecule has 5 rings (SSSR count). The number of nitrogens with one attached hydrogen (secondary N) is 1. The number of alkyl carbamates (subject to hydrolysis) is 1. The van der Waals surface area contributed by atoms with E-state index in [0.29, 0.717) is 13.1 Å². The maximum absolute atomic E-state index is 12.0. The molecule has 6 heteroatoms. The van der Waals surface area contributed by atoms with Crippen LogP contribution in [0, 0.1) is 29.1 Å². The van der Waals surface area contributed by atoms with Gasteiger partial charge in [0.2, 0.25) is 0 Å². The third kappa shape index (κ3) is 3.16. The van der Waals surface area contributed by atoms with Crippen molar-refractivity contribution in [3.05, 3.63) is 0 Å². The molecule has 26 heavy (non-hydrogen) atoms. The van der Waals surface area contributed by atoms with E-state index in [4.69, 9.17) is 4.74 Å². The fraction of sp³-hybridized carbons (Fsp3) is 0.900. The van der Waals surface area contributed by atoms with Gasteiger partial charge >= 0.3 is 12.2 Å². The summed E-state index contributed by atoms with van der Waals surface area (Å²) in [6, 6.07) is 0.0586. The highest BCUT2D eigenvalue weighted by Crippen LogP contribution is 2.64. The molecule has 2 unspecified atom stereocenters. The summed E-state index contributed by atoms with van der Waals surface area (Å²) < 4.78 is 5.34. The van der Waals surface area contributed by atoms with Gasteiger partial charge in [0.15, 0.2) is 0 Å². The Labute approximate surface area is 155 Å². The van der Waals surface area contributed by atoms with Crippen molar-refractivity contribution in [2.24, 2.45) is 29.1 Å². The summed E-state index contributed by atoms with van der Waals surface area (Å²) in [7, 11) is 0. The summed E-state index contributed by atoms with van der Waals surface area (Å²) in [4.78, 5) is 25.4. The number of carbonyl (C=O) groups is 2. The second-order valence-electron chi connectivity index (χ2n) is 10.3. The third-order valence-electron chi connectivity index (χ3n) is 7.08. The van der Waals surface area contributed by atoms with E-state index in [1.165, 1.54) is 38.5 Å². The lowest BCUT2D eigenvalue weighted by Crippen LogP contribution is -2.70. The number of nitrogens with zero attached hydrogens (tertiary/aromatic N) is 1. The van der Waals surface area contributed by atoms with Crippen molar-refractivity contribution in [2.45, 2.75) is 70.9 Å². The second kappa shape index (κ2) is 6.03. The lowest BCUT2D eigenvalue weighted by molar-refractivity contribution is -0.145. The van der Waals surface area contributed by atoms with E-state index in [0.717, 1.165) is 17.8 Å². The van der Waals surface area contributed by atoms with Crippen molar-refractivity contribution in [3.63, 3.8) is 0 Å². The van der Waals surface area contributed by atoms with E-state index in [2.05, 4.69) is 5.32 Å². The fourth-order valence-electron chi connectivity index (χ4n) is 6.85. The molecule has 1 heterocycles. The molecule has 6 nitrogen and oxygen atoms in total. The first-order valence-electron chi connectivity index (χ1n) is 10.1. The summed E-state index contributed by atoms with van der Waals surface area (Å²) in [6.07, 6.45) is 6.36. The van der Waals surface area contributed by atoms with Crippen LogP contribution in [0.15, 0.2) is 0 Å². The highest BCUT2D eigenvalue weighted by atomic mass is 16.6. The van der Waals surface area contributed by atoms with Crippen LogP contribution in [0.1, 0.15) is 59.3 Å². The van der Waals surface area contributed by atoms with Crippen LogP contribution < -0.4 is 5.32 Å². The molecule has 0 radical (unpaired) electrons. The average Bonchev–Trinajstić information content (AvgIpc) is 2.41. The molecule has 5 fully saturated rings. The number of carboxylic acid groups (broad SMARTS) is 1. The molecule has 4 aliphatic carbocycles. The van der Waals surface area contributed by atoms with E-state index in [-0.39, 0.29) is 17.4 Å². The summed E-state index contributed by atoms with van der Waals surface area (Å²) in [5.74, 6) is 2.57. The van der Waals surface area contributed by atoms with E-state index in [1.807, 2.05) is 20.8 Å². The van der Waals surface area contributed by atoms with Crippen LogP contribution in [-0.2, 0) is 4.74 Å². The van der Waals surface area contributed by atoms with Crippen molar-refractivity contribution < 1.29 is 19.4 Å². The van der Waals surface area contributed by atoms with Gasteiger partial charge in [-0.2, -0.15) is 0 Å². The Bertz CT molecular complexity index is 562. The maximum Gasteiger partial charge on any atom is 0.407 e. The maximum atomic E-state index is 12.0. The van der Waals surface area contributed by atoms with Gasteiger partial charge in [-0.1, -0.05) is 0 Å². The van der Waals surface area contributed by atoms with Crippen molar-refractivity contribution in [2.75, 3.05) is 13.1 Å². The third-order valence-corrected chi connectivity index (χ3v) is 7.08. The molecule has 146 valence electrons. The van der Waals surface area contributed by atoms with E-state index in [9.17, 15) is 14.7 Å². The standard InChI is InChI=1S/C20H32N2O4/c1-19(2,3)26-17(23)21-10-15-11-22(18(24)25)16(15)20-7-12-4-13(8-20)6-14(5-12)9-20/h12-16H,4-11H2,1-3H3,(H,21,23)(H,24,25). The van der Waals surface area contributed by atoms with Gasteiger partial charge in [0.05, 0.1) is 0 Å². The minimum atomic E-state index is -0.806. The van der Waals surface area contributed by atoms with E-state index >= 15 is 0 Å². The van der Waals surface area contributed by atoms with Gasteiger partial charge in [0.25, 0.3) is 0 Å². The van der Waals surface area contributed by atoms with Crippen molar-refractivity contribution in [1.82, 2.24) is 10.2 Å². The molecule has 1 saturated heterocycles. The predicted molar refractivity (Wildman–Crippen MR) is 96.9 cm³/mol. The molecule has 5 aliphatic rings. The molecule has 0 aromatic carbocycles. The Hall–Kier alpha value is -1.46. The zero-order valence-corrected chi connectivity index (χ0v) is 16.2. The largest absolute Gasteiger partial charge is 0.465 e. The molecular formula is C20H32N2O4. The van der Waals surface area contributed by atoms with Crippen LogP contribution >= 0.6 is 0 Å². The number of carbonyl (C=O) groups excluding carboxylic acids is 1. The molecule has 2 amide bonds. The molecule has 2 atom stereocenters. The molecule has 4 bridgehead atoms. The summed E-state index contributed by atoms with van der Waals surface area (Å²) >= 11 is 0. The smallest absolute Gasteiger partial charge is 0.407 e. The summed E-state index contributed by atoms with van der Waals surface area (Å²) in [5, 5.41) is 12.5. The zero-order valence-electron chi connectivity index (χ0n) is 16.2. The first-order chi connectivity index (χ1) is 12.2. The topological polar surface area (TPSA) is 78.9 Å². The zero-order chi connectivity index (χ0) is 18.7. The highest BCUT2D eigenvalue weighted by Gasteiger charge is 2.61. The fourth-order valence-corrected chi connectivity index (χ4v) is 6.85. The first-order valence-corrected chi connectivity index (χ1v) is 10.1. The van der Waals surface area contributed by atoms with E-state index in [1.54, 1.807) is 4.90 Å². The van der Waals surface area contributed by atoms with Crippen LogP contribution in [0.5, 0.6) is 0 Å². The molecule has 1 aliphatic heterocycles. The first kappa shape index (κ1) is 17.9. The number of hydrogen-bond donors (Lipinski definition) is 2. The van der Waals surface area contributed by atoms with Gasteiger partial charge in [-0.25, -0.2) is 9.59 Å². The summed E-state index contributed by atoms with van der Waals surface area (Å²) in [6.45, 7) is 6.57. The quantitative estimate of drug-likeness (QED) is 0.800. The Morgan fingerprint density at radius 3 is 2.12 bits per heavy atom. The van der Waals surface area contributed by atoms with Crippen molar-refractivity contribution in [1.29, 1.82) is 0 Å². The molecule has 0 aromatic heterocycles. The molecular weight excluding hydrogens is 332 g/mol. The van der Waals surface area contributed by atoms with Crippen LogP contribution in [0.2, 0.25) is 0 Å². The highest BCUT2D eigenvalue weighted by molar-refractivity contribution is 5.68. The van der Waals surface area contributed by atoms with E-state index < -0.39 is 17.8 Å². The molecule has 0 spiro atoms. The van der Waals surface area contributed by atoms with Gasteiger partial charge in [-0.05, 0) is 82.5 Å². The van der Waals surface area contributed by atoms with Gasteiger partial charge in [0, 0.05) is 25.0 Å². The summed E-state index contributed by atoms with van der Waals surface area (Å²) in [5.41, 5.74) is -0.373. The number of likely N-dealkylation sites (tertiary alicyclic amines) is 1. The normalized spacial score (nSPS) is 40.9.